The van der Waals surface area contributed by atoms with Crippen molar-refractivity contribution in [3.63, 3.8) is 0 Å². The Balaban J connectivity index is 1.58. The van der Waals surface area contributed by atoms with Crippen molar-refractivity contribution in [2.24, 2.45) is 5.73 Å². The maximum Gasteiger partial charge on any atom is 0.251 e. The number of aromatic nitrogens is 2. The monoisotopic (exact) mass is 355 g/mol. The summed E-state index contributed by atoms with van der Waals surface area (Å²) in [6.45, 7) is 1.01. The van der Waals surface area contributed by atoms with E-state index in [1.807, 2.05) is 10.8 Å². The predicted molar refractivity (Wildman–Crippen MR) is 99.6 cm³/mol. The summed E-state index contributed by atoms with van der Waals surface area (Å²) in [5.41, 5.74) is 6.73. The van der Waals surface area contributed by atoms with Crippen LogP contribution >= 0.6 is 0 Å². The number of carbonyl (C=O) groups excluding carboxylic acids is 2. The van der Waals surface area contributed by atoms with Crippen molar-refractivity contribution in [1.82, 2.24) is 14.9 Å². The molecule has 138 valence electrons. The van der Waals surface area contributed by atoms with Gasteiger partial charge in [-0.2, -0.15) is 0 Å². The fraction of sp³-hybridized carbons (Fsp3) is 0.421. The lowest BCUT2D eigenvalue weighted by Crippen LogP contribution is -2.51. The number of carbonyl (C=O) groups is 2. The highest BCUT2D eigenvalue weighted by Gasteiger charge is 2.34. The van der Waals surface area contributed by atoms with Crippen LogP contribution in [0, 0.1) is 0 Å². The van der Waals surface area contributed by atoms with E-state index in [1.54, 1.807) is 36.8 Å². The van der Waals surface area contributed by atoms with Crippen LogP contribution in [0.2, 0.25) is 0 Å². The number of nitrogens with two attached hydrogens (primary N) is 1. The Morgan fingerprint density at radius 2 is 2.08 bits per heavy atom. The average Bonchev–Trinajstić information content (AvgIpc) is 3.32. The molecule has 1 fully saturated rings. The molecule has 1 aliphatic carbocycles. The number of imidazole rings is 1. The summed E-state index contributed by atoms with van der Waals surface area (Å²) >= 11 is 0. The molecule has 3 rings (SSSR count). The van der Waals surface area contributed by atoms with Gasteiger partial charge in [0.05, 0.1) is 11.9 Å². The first-order valence-electron chi connectivity index (χ1n) is 8.98. The van der Waals surface area contributed by atoms with Gasteiger partial charge < -0.3 is 20.9 Å². The summed E-state index contributed by atoms with van der Waals surface area (Å²) in [4.78, 5) is 28.6. The number of anilines is 1. The topological polar surface area (TPSA) is 102 Å². The Hall–Kier alpha value is -2.67. The van der Waals surface area contributed by atoms with Crippen molar-refractivity contribution in [3.8, 4) is 0 Å². The minimum absolute atomic E-state index is 0.106. The third-order valence-corrected chi connectivity index (χ3v) is 4.89. The minimum atomic E-state index is -0.291. The van der Waals surface area contributed by atoms with E-state index in [-0.39, 0.29) is 17.4 Å². The molecule has 1 aliphatic rings. The number of nitrogens with one attached hydrogen (secondary N) is 2. The van der Waals surface area contributed by atoms with Crippen LogP contribution in [0.3, 0.4) is 0 Å². The van der Waals surface area contributed by atoms with Crippen LogP contribution in [0.1, 0.15) is 42.5 Å². The van der Waals surface area contributed by atoms with Crippen LogP contribution in [0.5, 0.6) is 0 Å². The quantitative estimate of drug-likeness (QED) is 0.706. The van der Waals surface area contributed by atoms with Crippen molar-refractivity contribution in [2.45, 2.75) is 44.2 Å². The van der Waals surface area contributed by atoms with Crippen LogP contribution in [-0.4, -0.2) is 33.4 Å². The lowest BCUT2D eigenvalue weighted by molar-refractivity contribution is -0.116. The van der Waals surface area contributed by atoms with Gasteiger partial charge in [-0.25, -0.2) is 4.98 Å². The Bertz CT molecular complexity index is 751. The molecule has 0 unspecified atom stereocenters. The number of amides is 2. The Labute approximate surface area is 153 Å². The Morgan fingerprint density at radius 1 is 1.27 bits per heavy atom. The van der Waals surface area contributed by atoms with E-state index in [1.165, 1.54) is 0 Å². The first-order valence-corrected chi connectivity index (χ1v) is 8.98. The molecule has 1 aromatic carbocycles. The van der Waals surface area contributed by atoms with Crippen LogP contribution < -0.4 is 16.4 Å². The maximum atomic E-state index is 12.6. The van der Waals surface area contributed by atoms with E-state index in [0.717, 1.165) is 25.7 Å². The van der Waals surface area contributed by atoms with Gasteiger partial charge in [0.25, 0.3) is 5.91 Å². The van der Waals surface area contributed by atoms with E-state index in [2.05, 4.69) is 15.6 Å². The molecule has 7 nitrogen and oxygen atoms in total. The fourth-order valence-corrected chi connectivity index (χ4v) is 3.36. The summed E-state index contributed by atoms with van der Waals surface area (Å²) in [6, 6.07) is 6.99. The summed E-state index contributed by atoms with van der Waals surface area (Å²) in [5, 5.41) is 5.94. The van der Waals surface area contributed by atoms with E-state index < -0.39 is 0 Å². The van der Waals surface area contributed by atoms with Gasteiger partial charge in [0.15, 0.2) is 0 Å². The highest BCUT2D eigenvalue weighted by molar-refractivity contribution is 5.97. The second-order valence-corrected chi connectivity index (χ2v) is 6.83. The maximum absolute atomic E-state index is 12.6. The van der Waals surface area contributed by atoms with Crippen molar-refractivity contribution in [3.05, 3.63) is 48.5 Å². The first-order chi connectivity index (χ1) is 12.6. The van der Waals surface area contributed by atoms with Crippen molar-refractivity contribution in [1.29, 1.82) is 0 Å². The number of benzene rings is 1. The van der Waals surface area contributed by atoms with E-state index >= 15 is 0 Å². The molecule has 2 aromatic rings. The van der Waals surface area contributed by atoms with Gasteiger partial charge in [0.1, 0.15) is 0 Å². The van der Waals surface area contributed by atoms with Crippen molar-refractivity contribution >= 4 is 17.5 Å². The van der Waals surface area contributed by atoms with E-state index in [4.69, 9.17) is 5.73 Å². The second-order valence-electron chi connectivity index (χ2n) is 6.83. The van der Waals surface area contributed by atoms with Crippen LogP contribution in [0.25, 0.3) is 0 Å². The van der Waals surface area contributed by atoms with Crippen LogP contribution in [0.15, 0.2) is 43.0 Å². The number of hydrogen-bond acceptors (Lipinski definition) is 4. The second kappa shape index (κ2) is 8.14. The zero-order valence-corrected chi connectivity index (χ0v) is 14.8. The molecule has 0 bridgehead atoms. The predicted octanol–water partition coefficient (Wildman–Crippen LogP) is 1.91. The normalized spacial score (nSPS) is 15.6. The number of nitrogens with zero attached hydrogens (tertiary/aromatic N) is 2. The highest BCUT2D eigenvalue weighted by Crippen LogP contribution is 2.29. The van der Waals surface area contributed by atoms with Crippen LogP contribution in [0.4, 0.5) is 5.69 Å². The van der Waals surface area contributed by atoms with Gasteiger partial charge in [-0.3, -0.25) is 9.59 Å². The first kappa shape index (κ1) is 18.1. The molecule has 0 atom stereocenters. The Morgan fingerprint density at radius 3 is 2.77 bits per heavy atom. The number of aryl methyl sites for hydroxylation is 1. The molecule has 1 saturated carbocycles. The van der Waals surface area contributed by atoms with Gasteiger partial charge in [-0.1, -0.05) is 18.9 Å². The molecule has 0 aliphatic heterocycles. The van der Waals surface area contributed by atoms with Gasteiger partial charge in [0, 0.05) is 43.2 Å². The van der Waals surface area contributed by atoms with Crippen molar-refractivity contribution in [2.75, 3.05) is 11.9 Å². The zero-order chi connectivity index (χ0) is 18.4. The average molecular weight is 355 g/mol. The highest BCUT2D eigenvalue weighted by atomic mass is 16.2. The summed E-state index contributed by atoms with van der Waals surface area (Å²) in [6.07, 6.45) is 9.51. The molecule has 0 radical (unpaired) electrons. The van der Waals surface area contributed by atoms with Gasteiger partial charge in [-0.15, -0.1) is 0 Å². The lowest BCUT2D eigenvalue weighted by Gasteiger charge is -2.28. The van der Waals surface area contributed by atoms with Gasteiger partial charge in [-0.05, 0) is 31.0 Å². The van der Waals surface area contributed by atoms with Crippen molar-refractivity contribution < 1.29 is 9.59 Å². The molecule has 1 heterocycles. The minimum Gasteiger partial charge on any atom is -0.345 e. The van der Waals surface area contributed by atoms with Gasteiger partial charge in [0.2, 0.25) is 5.91 Å². The Kier molecular flexibility index (Phi) is 5.68. The summed E-state index contributed by atoms with van der Waals surface area (Å²) in [5.74, 6) is -0.252. The third-order valence-electron chi connectivity index (χ3n) is 4.89. The lowest BCUT2D eigenvalue weighted by atomic mass is 9.97. The number of hydrogen-bond donors (Lipinski definition) is 3. The SMILES string of the molecule is NCC1(NC(=O)c2cccc(NC(=O)CCn3ccnc3)c2)CCCC1. The van der Waals surface area contributed by atoms with E-state index in [0.29, 0.717) is 30.8 Å². The van der Waals surface area contributed by atoms with E-state index in [9.17, 15) is 9.59 Å². The zero-order valence-electron chi connectivity index (χ0n) is 14.8. The molecular weight excluding hydrogens is 330 g/mol. The standard InChI is InChI=1S/C19H25N5O2/c20-13-19(7-1-2-8-19)23-18(26)15-4-3-5-16(12-15)22-17(25)6-10-24-11-9-21-14-24/h3-5,9,11-12,14H,1-2,6-8,10,13,20H2,(H,22,25)(H,23,26). The third kappa shape index (κ3) is 4.49. The molecule has 2 amide bonds. The molecule has 4 N–H and O–H groups in total. The fourth-order valence-electron chi connectivity index (χ4n) is 3.36. The van der Waals surface area contributed by atoms with Gasteiger partial charge >= 0.3 is 0 Å². The summed E-state index contributed by atoms with van der Waals surface area (Å²) in [7, 11) is 0. The van der Waals surface area contributed by atoms with Crippen LogP contribution in [-0.2, 0) is 11.3 Å². The molecule has 7 heteroatoms. The largest absolute Gasteiger partial charge is 0.345 e. The summed E-state index contributed by atoms with van der Waals surface area (Å²) < 4.78 is 1.84. The molecule has 0 saturated heterocycles. The smallest absolute Gasteiger partial charge is 0.251 e. The molecule has 0 spiro atoms. The number of rotatable bonds is 7. The molecule has 1 aromatic heterocycles. The molecular formula is C19H25N5O2. The molecule has 26 heavy (non-hydrogen) atoms.